The fraction of sp³-hybridized carbons (Fsp3) is 0.833. The van der Waals surface area contributed by atoms with E-state index < -0.39 is 15.2 Å². The second kappa shape index (κ2) is 4.26. The average Bonchev–Trinajstić information content (AvgIpc) is 2.30. The first-order chi connectivity index (χ1) is 6.06. The van der Waals surface area contributed by atoms with E-state index in [1.807, 2.05) is 0 Å². The molecule has 0 radical (unpaired) electrons. The van der Waals surface area contributed by atoms with E-state index in [1.54, 1.807) is 0 Å². The Balaban J connectivity index is 2.67. The Kier molecular flexibility index (Phi) is 3.52. The SMILES string of the molecule is O=C1CCN(S(=O)(=O)CCl)CCN1. The van der Waals surface area contributed by atoms with Crippen LogP contribution in [0.15, 0.2) is 0 Å². The monoisotopic (exact) mass is 226 g/mol. The minimum atomic E-state index is -3.36. The lowest BCUT2D eigenvalue weighted by molar-refractivity contribution is -0.120. The molecule has 0 atom stereocenters. The lowest BCUT2D eigenvalue weighted by atomic mass is 10.4. The lowest BCUT2D eigenvalue weighted by Crippen LogP contribution is -2.34. The molecule has 1 heterocycles. The maximum absolute atomic E-state index is 11.3. The largest absolute Gasteiger partial charge is 0.355 e. The van der Waals surface area contributed by atoms with E-state index >= 15 is 0 Å². The summed E-state index contributed by atoms with van der Waals surface area (Å²) in [5.74, 6) is -0.118. The molecule has 0 aromatic heterocycles. The number of nitrogens with one attached hydrogen (secondary N) is 1. The van der Waals surface area contributed by atoms with E-state index in [0.29, 0.717) is 13.1 Å². The van der Waals surface area contributed by atoms with Gasteiger partial charge in [0.1, 0.15) is 5.21 Å². The normalized spacial score (nSPS) is 20.8. The summed E-state index contributed by atoms with van der Waals surface area (Å²) in [6.07, 6.45) is 0.204. The molecule has 0 aromatic carbocycles. The van der Waals surface area contributed by atoms with Gasteiger partial charge in [-0.25, -0.2) is 8.42 Å². The molecular formula is C6H11ClN2O3S. The van der Waals surface area contributed by atoms with Crippen LogP contribution in [0.2, 0.25) is 0 Å². The maximum Gasteiger partial charge on any atom is 0.228 e. The fourth-order valence-electron chi connectivity index (χ4n) is 1.09. The Bertz CT molecular complexity index is 290. The van der Waals surface area contributed by atoms with E-state index in [2.05, 4.69) is 5.32 Å². The molecule has 1 N–H and O–H groups in total. The van der Waals surface area contributed by atoms with Crippen LogP contribution >= 0.6 is 11.6 Å². The molecule has 1 aliphatic rings. The van der Waals surface area contributed by atoms with Crippen LogP contribution < -0.4 is 5.32 Å². The van der Waals surface area contributed by atoms with Gasteiger partial charge in [0.05, 0.1) is 0 Å². The molecule has 5 nitrogen and oxygen atoms in total. The number of nitrogens with zero attached hydrogens (tertiary/aromatic N) is 1. The highest BCUT2D eigenvalue weighted by Gasteiger charge is 2.23. The minimum Gasteiger partial charge on any atom is -0.355 e. The molecule has 1 aliphatic heterocycles. The highest BCUT2D eigenvalue weighted by molar-refractivity contribution is 7.90. The van der Waals surface area contributed by atoms with E-state index in [0.717, 1.165) is 0 Å². The smallest absolute Gasteiger partial charge is 0.228 e. The van der Waals surface area contributed by atoms with Gasteiger partial charge < -0.3 is 5.32 Å². The number of amides is 1. The summed E-state index contributed by atoms with van der Waals surface area (Å²) in [6, 6.07) is 0. The molecule has 0 unspecified atom stereocenters. The Hall–Kier alpha value is -0.330. The van der Waals surface area contributed by atoms with Crippen molar-refractivity contribution in [3.63, 3.8) is 0 Å². The molecule has 1 amide bonds. The standard InChI is InChI=1S/C6H11ClN2O3S/c7-5-13(11,12)9-3-1-6(10)8-2-4-9/h1-5H2,(H,8,10). The average molecular weight is 227 g/mol. The van der Waals surface area contributed by atoms with Crippen LogP contribution in [0.4, 0.5) is 0 Å². The van der Waals surface area contributed by atoms with E-state index in [1.165, 1.54) is 4.31 Å². The molecule has 13 heavy (non-hydrogen) atoms. The van der Waals surface area contributed by atoms with Gasteiger partial charge in [0, 0.05) is 26.1 Å². The molecule has 0 aromatic rings. The van der Waals surface area contributed by atoms with Crippen LogP contribution in [-0.4, -0.2) is 43.5 Å². The van der Waals surface area contributed by atoms with E-state index in [4.69, 9.17) is 11.6 Å². The fourth-order valence-corrected chi connectivity index (χ4v) is 2.38. The zero-order chi connectivity index (χ0) is 9.90. The van der Waals surface area contributed by atoms with Gasteiger partial charge in [-0.05, 0) is 0 Å². The zero-order valence-corrected chi connectivity index (χ0v) is 8.57. The molecule has 76 valence electrons. The van der Waals surface area contributed by atoms with E-state index in [9.17, 15) is 13.2 Å². The molecule has 0 spiro atoms. The van der Waals surface area contributed by atoms with Crippen molar-refractivity contribution in [2.45, 2.75) is 6.42 Å². The number of carbonyl (C=O) groups excluding carboxylic acids is 1. The second-order valence-electron chi connectivity index (χ2n) is 2.72. The topological polar surface area (TPSA) is 66.5 Å². The first kappa shape index (κ1) is 10.7. The zero-order valence-electron chi connectivity index (χ0n) is 6.99. The van der Waals surface area contributed by atoms with Crippen molar-refractivity contribution in [3.8, 4) is 0 Å². The summed E-state index contributed by atoms with van der Waals surface area (Å²) in [7, 11) is -3.36. The van der Waals surface area contributed by atoms with Crippen LogP contribution in [0.25, 0.3) is 0 Å². The van der Waals surface area contributed by atoms with Crippen molar-refractivity contribution < 1.29 is 13.2 Å². The van der Waals surface area contributed by atoms with Crippen molar-refractivity contribution in [2.75, 3.05) is 24.8 Å². The number of carbonyl (C=O) groups is 1. The number of sulfonamides is 1. The molecule has 1 saturated heterocycles. The summed E-state index contributed by atoms with van der Waals surface area (Å²) in [6.45, 7) is 0.886. The van der Waals surface area contributed by atoms with Crippen molar-refractivity contribution >= 4 is 27.5 Å². The summed E-state index contributed by atoms with van der Waals surface area (Å²) in [4.78, 5) is 10.9. The molecule has 7 heteroatoms. The summed E-state index contributed by atoms with van der Waals surface area (Å²) >= 11 is 5.28. The van der Waals surface area contributed by atoms with Crippen LogP contribution in [0.3, 0.4) is 0 Å². The third kappa shape index (κ3) is 2.82. The van der Waals surface area contributed by atoms with Gasteiger partial charge >= 0.3 is 0 Å². The van der Waals surface area contributed by atoms with Gasteiger partial charge in [-0.3, -0.25) is 4.79 Å². The van der Waals surface area contributed by atoms with Gasteiger partial charge in [0.25, 0.3) is 0 Å². The maximum atomic E-state index is 11.3. The van der Waals surface area contributed by atoms with Crippen LogP contribution in [0.1, 0.15) is 6.42 Å². The van der Waals surface area contributed by atoms with Gasteiger partial charge in [0.15, 0.2) is 0 Å². The van der Waals surface area contributed by atoms with Crippen LogP contribution in [0, 0.1) is 0 Å². The second-order valence-corrected chi connectivity index (χ2v) is 5.27. The molecule has 1 fully saturated rings. The van der Waals surface area contributed by atoms with Gasteiger partial charge in [-0.2, -0.15) is 4.31 Å². The van der Waals surface area contributed by atoms with Crippen LogP contribution in [-0.2, 0) is 14.8 Å². The number of hydrogen-bond donors (Lipinski definition) is 1. The highest BCUT2D eigenvalue weighted by atomic mass is 35.5. The predicted octanol–water partition coefficient (Wildman–Crippen LogP) is -0.666. The number of alkyl halides is 1. The Morgan fingerprint density at radius 1 is 1.46 bits per heavy atom. The highest BCUT2D eigenvalue weighted by Crippen LogP contribution is 2.06. The minimum absolute atomic E-state index is 0.118. The van der Waals surface area contributed by atoms with Gasteiger partial charge in [0.2, 0.25) is 15.9 Å². The number of hydrogen-bond acceptors (Lipinski definition) is 3. The molecule has 0 bridgehead atoms. The molecular weight excluding hydrogens is 216 g/mol. The Morgan fingerprint density at radius 3 is 2.77 bits per heavy atom. The quantitative estimate of drug-likeness (QED) is 0.636. The molecule has 0 aliphatic carbocycles. The first-order valence-corrected chi connectivity index (χ1v) is 6.01. The third-order valence-corrected chi connectivity index (χ3v) is 4.06. The lowest BCUT2D eigenvalue weighted by Gasteiger charge is -2.16. The molecule has 0 saturated carbocycles. The predicted molar refractivity (Wildman–Crippen MR) is 48.8 cm³/mol. The van der Waals surface area contributed by atoms with Gasteiger partial charge in [-0.15, -0.1) is 11.6 Å². The van der Waals surface area contributed by atoms with Crippen molar-refractivity contribution in [1.82, 2.24) is 9.62 Å². The third-order valence-electron chi connectivity index (χ3n) is 1.80. The summed E-state index contributed by atoms with van der Waals surface area (Å²) in [5, 5.41) is 2.15. The van der Waals surface area contributed by atoms with Crippen molar-refractivity contribution in [1.29, 1.82) is 0 Å². The van der Waals surface area contributed by atoms with Gasteiger partial charge in [-0.1, -0.05) is 0 Å². The number of rotatable bonds is 2. The summed E-state index contributed by atoms with van der Waals surface area (Å²) < 4.78 is 23.8. The Morgan fingerprint density at radius 2 is 2.15 bits per heavy atom. The van der Waals surface area contributed by atoms with Crippen LogP contribution in [0.5, 0.6) is 0 Å². The van der Waals surface area contributed by atoms with Crippen molar-refractivity contribution in [3.05, 3.63) is 0 Å². The first-order valence-electron chi connectivity index (χ1n) is 3.87. The number of halogens is 1. The summed E-state index contributed by atoms with van der Waals surface area (Å²) in [5.41, 5.74) is 0. The molecule has 1 rings (SSSR count). The Labute approximate surface area is 82.1 Å². The van der Waals surface area contributed by atoms with E-state index in [-0.39, 0.29) is 18.9 Å². The van der Waals surface area contributed by atoms with Crippen molar-refractivity contribution in [2.24, 2.45) is 0 Å².